The number of Topliss-reactive ketones (excluding diaryl/α,β-unsaturated/α-hetero) is 2. The molecule has 4 nitrogen and oxygen atoms in total. The molecule has 0 N–H and O–H groups in total. The predicted molar refractivity (Wildman–Crippen MR) is 70.7 cm³/mol. The van der Waals surface area contributed by atoms with Crippen LogP contribution in [0.4, 0.5) is 5.69 Å². The van der Waals surface area contributed by atoms with Crippen molar-refractivity contribution in [1.82, 2.24) is 0 Å². The Kier molecular flexibility index (Phi) is 3.61. The molecule has 0 atom stereocenters. The van der Waals surface area contributed by atoms with Crippen LogP contribution in [0.2, 0.25) is 0 Å². The van der Waals surface area contributed by atoms with E-state index in [2.05, 4.69) is 15.9 Å². The summed E-state index contributed by atoms with van der Waals surface area (Å²) in [6, 6.07) is 5.13. The maximum Gasteiger partial charge on any atom is 0.299 e. The van der Waals surface area contributed by atoms with Gasteiger partial charge in [-0.1, -0.05) is 13.0 Å². The topological polar surface area (TPSA) is 54.5 Å². The first kappa shape index (κ1) is 13.0. The van der Waals surface area contributed by atoms with Gasteiger partial charge < -0.3 is 0 Å². The zero-order valence-electron chi connectivity index (χ0n) is 9.90. The molecule has 0 spiro atoms. The van der Waals surface area contributed by atoms with Gasteiger partial charge >= 0.3 is 0 Å². The smallest absolute Gasteiger partial charge is 0.298 e. The molecular weight excluding hydrogens is 298 g/mol. The molecule has 0 aromatic heterocycles. The number of hydrogen-bond donors (Lipinski definition) is 0. The lowest BCUT2D eigenvalue weighted by atomic mass is 10.1. The van der Waals surface area contributed by atoms with Gasteiger partial charge in [0.25, 0.3) is 11.7 Å². The van der Waals surface area contributed by atoms with Gasteiger partial charge in [0.2, 0.25) is 0 Å². The molecule has 0 bridgehead atoms. The van der Waals surface area contributed by atoms with E-state index in [0.29, 0.717) is 22.1 Å². The zero-order chi connectivity index (χ0) is 13.3. The van der Waals surface area contributed by atoms with Crippen LogP contribution in [0.25, 0.3) is 0 Å². The third-order valence-electron chi connectivity index (χ3n) is 2.81. The van der Waals surface area contributed by atoms with Crippen molar-refractivity contribution in [3.8, 4) is 0 Å². The van der Waals surface area contributed by atoms with Crippen molar-refractivity contribution in [2.24, 2.45) is 0 Å². The number of carbonyl (C=O) groups excluding carboxylic acids is 3. The van der Waals surface area contributed by atoms with E-state index in [1.807, 2.05) is 6.92 Å². The fraction of sp³-hybridized carbons (Fsp3) is 0.308. The second-order valence-electron chi connectivity index (χ2n) is 4.14. The Morgan fingerprint density at radius 2 is 2.06 bits per heavy atom. The van der Waals surface area contributed by atoms with Crippen molar-refractivity contribution in [1.29, 1.82) is 0 Å². The van der Waals surface area contributed by atoms with Gasteiger partial charge in [0.15, 0.2) is 5.78 Å². The first-order valence-electron chi connectivity index (χ1n) is 5.72. The van der Waals surface area contributed by atoms with E-state index in [9.17, 15) is 14.4 Å². The van der Waals surface area contributed by atoms with E-state index < -0.39 is 11.7 Å². The molecule has 2 rings (SSSR count). The average molecular weight is 310 g/mol. The summed E-state index contributed by atoms with van der Waals surface area (Å²) in [5, 5.41) is 0. The molecule has 18 heavy (non-hydrogen) atoms. The number of benzene rings is 1. The number of hydrogen-bond acceptors (Lipinski definition) is 3. The average Bonchev–Trinajstić information content (AvgIpc) is 2.56. The van der Waals surface area contributed by atoms with E-state index in [0.717, 1.165) is 6.42 Å². The van der Waals surface area contributed by atoms with Crippen LogP contribution in [0.3, 0.4) is 0 Å². The van der Waals surface area contributed by atoms with Crippen LogP contribution >= 0.6 is 15.9 Å². The number of carbonyl (C=O) groups is 3. The van der Waals surface area contributed by atoms with Gasteiger partial charge in [0, 0.05) is 10.9 Å². The van der Waals surface area contributed by atoms with Crippen molar-refractivity contribution in [2.45, 2.75) is 19.8 Å². The Hall–Kier alpha value is -1.49. The molecule has 94 valence electrons. The minimum absolute atomic E-state index is 0.0259. The van der Waals surface area contributed by atoms with Crippen molar-refractivity contribution in [3.05, 3.63) is 28.2 Å². The highest BCUT2D eigenvalue weighted by Crippen LogP contribution is 2.34. The maximum absolute atomic E-state index is 11.9. The molecule has 1 aliphatic rings. The lowest BCUT2D eigenvalue weighted by Gasteiger charge is -2.15. The SMILES string of the molecule is CCCC(=O)CN1C(=O)C(=O)c2c(Br)cccc21. The third kappa shape index (κ3) is 2.10. The summed E-state index contributed by atoms with van der Waals surface area (Å²) in [5.74, 6) is -1.21. The summed E-state index contributed by atoms with van der Waals surface area (Å²) in [7, 11) is 0. The Bertz CT molecular complexity index is 539. The quantitative estimate of drug-likeness (QED) is 0.802. The first-order valence-corrected chi connectivity index (χ1v) is 6.52. The molecule has 1 heterocycles. The third-order valence-corrected chi connectivity index (χ3v) is 3.47. The second kappa shape index (κ2) is 5.02. The van der Waals surface area contributed by atoms with Crippen LogP contribution in [0, 0.1) is 0 Å². The Balaban J connectivity index is 2.35. The molecule has 1 aliphatic heterocycles. The van der Waals surface area contributed by atoms with Crippen molar-refractivity contribution in [3.63, 3.8) is 0 Å². The molecule has 0 radical (unpaired) electrons. The molecule has 0 fully saturated rings. The zero-order valence-corrected chi connectivity index (χ0v) is 11.5. The molecule has 0 unspecified atom stereocenters. The Labute approximate surface area is 113 Å². The number of rotatable bonds is 4. The highest BCUT2D eigenvalue weighted by atomic mass is 79.9. The number of anilines is 1. The minimum atomic E-state index is -0.624. The summed E-state index contributed by atoms with van der Waals surface area (Å²) >= 11 is 3.25. The lowest BCUT2D eigenvalue weighted by Crippen LogP contribution is -2.34. The fourth-order valence-electron chi connectivity index (χ4n) is 1.99. The molecule has 1 aromatic carbocycles. The van der Waals surface area contributed by atoms with E-state index >= 15 is 0 Å². The molecule has 5 heteroatoms. The summed E-state index contributed by atoms with van der Waals surface area (Å²) in [6.45, 7) is 1.88. The van der Waals surface area contributed by atoms with Crippen molar-refractivity contribution >= 4 is 39.1 Å². The van der Waals surface area contributed by atoms with Crippen LogP contribution in [-0.4, -0.2) is 24.0 Å². The molecule has 1 aromatic rings. The Morgan fingerprint density at radius 3 is 2.72 bits per heavy atom. The van der Waals surface area contributed by atoms with Crippen molar-refractivity contribution in [2.75, 3.05) is 11.4 Å². The molecule has 0 saturated heterocycles. The molecule has 0 aliphatic carbocycles. The molecular formula is C13H12BrNO3. The molecule has 0 saturated carbocycles. The second-order valence-corrected chi connectivity index (χ2v) is 5.00. The van der Waals surface area contributed by atoms with Crippen LogP contribution in [0.5, 0.6) is 0 Å². The number of fused-ring (bicyclic) bond motifs is 1. The number of halogens is 1. The lowest BCUT2D eigenvalue weighted by molar-refractivity contribution is -0.120. The van der Waals surface area contributed by atoms with E-state index in [4.69, 9.17) is 0 Å². The number of amides is 1. The summed E-state index contributed by atoms with van der Waals surface area (Å²) in [4.78, 5) is 36.6. The first-order chi connectivity index (χ1) is 8.56. The van der Waals surface area contributed by atoms with Gasteiger partial charge in [-0.05, 0) is 34.5 Å². The van der Waals surface area contributed by atoms with Crippen molar-refractivity contribution < 1.29 is 14.4 Å². The Morgan fingerprint density at radius 1 is 1.33 bits per heavy atom. The highest BCUT2D eigenvalue weighted by Gasteiger charge is 2.37. The largest absolute Gasteiger partial charge is 0.299 e. The van der Waals surface area contributed by atoms with Crippen LogP contribution in [0.15, 0.2) is 22.7 Å². The van der Waals surface area contributed by atoms with Crippen LogP contribution in [-0.2, 0) is 9.59 Å². The fourth-order valence-corrected chi connectivity index (χ4v) is 2.53. The van der Waals surface area contributed by atoms with Gasteiger partial charge in [-0.3, -0.25) is 19.3 Å². The van der Waals surface area contributed by atoms with E-state index in [1.165, 1.54) is 4.90 Å². The van der Waals surface area contributed by atoms with Crippen LogP contribution < -0.4 is 4.90 Å². The molecule has 1 amide bonds. The van der Waals surface area contributed by atoms with Gasteiger partial charge in [-0.15, -0.1) is 0 Å². The van der Waals surface area contributed by atoms with Gasteiger partial charge in [0.1, 0.15) is 0 Å². The summed E-state index contributed by atoms with van der Waals surface area (Å²) in [6.07, 6.45) is 1.15. The van der Waals surface area contributed by atoms with Crippen LogP contribution in [0.1, 0.15) is 30.1 Å². The monoisotopic (exact) mass is 309 g/mol. The van der Waals surface area contributed by atoms with E-state index in [-0.39, 0.29) is 12.3 Å². The van der Waals surface area contributed by atoms with E-state index in [1.54, 1.807) is 18.2 Å². The summed E-state index contributed by atoms with van der Waals surface area (Å²) in [5.41, 5.74) is 0.871. The number of ketones is 2. The van der Waals surface area contributed by atoms with Gasteiger partial charge in [0.05, 0.1) is 17.8 Å². The highest BCUT2D eigenvalue weighted by molar-refractivity contribution is 9.10. The normalized spacial score (nSPS) is 14.0. The minimum Gasteiger partial charge on any atom is -0.298 e. The number of nitrogens with zero attached hydrogens (tertiary/aromatic N) is 1. The standard InChI is InChI=1S/C13H12BrNO3/c1-2-4-8(16)7-15-10-6-3-5-9(14)11(10)12(17)13(15)18/h3,5-6H,2,4,7H2,1H3. The summed E-state index contributed by atoms with van der Waals surface area (Å²) < 4.78 is 0.587. The van der Waals surface area contributed by atoms with Gasteiger partial charge in [-0.2, -0.15) is 0 Å². The maximum atomic E-state index is 11.9. The van der Waals surface area contributed by atoms with Gasteiger partial charge in [-0.25, -0.2) is 0 Å². The predicted octanol–water partition coefficient (Wildman–Crippen LogP) is 2.35.